The van der Waals surface area contributed by atoms with E-state index in [4.69, 9.17) is 0 Å². The Hall–Kier alpha value is -0.570. The van der Waals surface area contributed by atoms with Gasteiger partial charge in [0, 0.05) is 12.1 Å². The molecule has 2 rings (SSSR count). The maximum Gasteiger partial charge on any atom is 0.306 e. The van der Waals surface area contributed by atoms with Gasteiger partial charge in [-0.2, -0.15) is 0 Å². The predicted octanol–water partition coefficient (Wildman–Crippen LogP) is 3.82. The Kier molecular flexibility index (Phi) is 5.11. The van der Waals surface area contributed by atoms with Crippen molar-refractivity contribution in [1.82, 2.24) is 5.32 Å². The number of hydrogen-bond donors (Lipinski definition) is 2. The number of carbonyl (C=O) groups is 1. The molecule has 0 aromatic rings. The minimum atomic E-state index is -0.604. The zero-order valence-corrected chi connectivity index (χ0v) is 13.3. The fourth-order valence-corrected chi connectivity index (χ4v) is 4.24. The van der Waals surface area contributed by atoms with Crippen LogP contribution in [0.2, 0.25) is 0 Å². The van der Waals surface area contributed by atoms with Crippen molar-refractivity contribution in [2.45, 2.75) is 84.2 Å². The van der Waals surface area contributed by atoms with Crippen LogP contribution in [0, 0.1) is 17.3 Å². The average Bonchev–Trinajstić information content (AvgIpc) is 2.38. The standard InChI is InChI=1S/C17H31NO2/c1-17(2,3)14-9-4-5-10-15(14)18-13-8-6-7-12(11-13)16(19)20/h12-15,18H,4-11H2,1-3H3,(H,19,20). The second kappa shape index (κ2) is 6.46. The first-order valence-electron chi connectivity index (χ1n) is 8.37. The fourth-order valence-electron chi connectivity index (χ4n) is 4.24. The van der Waals surface area contributed by atoms with Gasteiger partial charge in [0.05, 0.1) is 5.92 Å². The third-order valence-electron chi connectivity index (χ3n) is 5.35. The summed E-state index contributed by atoms with van der Waals surface area (Å²) >= 11 is 0. The lowest BCUT2D eigenvalue weighted by Crippen LogP contribution is -2.49. The van der Waals surface area contributed by atoms with Crippen LogP contribution in [-0.2, 0) is 4.79 Å². The van der Waals surface area contributed by atoms with E-state index in [1.807, 2.05) is 0 Å². The SMILES string of the molecule is CC(C)(C)C1CCCCC1NC1CCCC(C(=O)O)C1. The zero-order valence-electron chi connectivity index (χ0n) is 13.3. The van der Waals surface area contributed by atoms with Crippen molar-refractivity contribution in [3.8, 4) is 0 Å². The summed E-state index contributed by atoms with van der Waals surface area (Å²) in [6, 6.07) is 0.999. The second-order valence-corrected chi connectivity index (χ2v) is 7.93. The maximum atomic E-state index is 11.2. The first-order chi connectivity index (χ1) is 9.38. The Balaban J connectivity index is 1.95. The van der Waals surface area contributed by atoms with Gasteiger partial charge in [0.15, 0.2) is 0 Å². The van der Waals surface area contributed by atoms with E-state index in [0.717, 1.165) is 31.6 Å². The Morgan fingerprint density at radius 1 is 1.05 bits per heavy atom. The molecule has 0 amide bonds. The largest absolute Gasteiger partial charge is 0.481 e. The summed E-state index contributed by atoms with van der Waals surface area (Å²) in [6.07, 6.45) is 9.14. The molecule has 0 heterocycles. The van der Waals surface area contributed by atoms with Crippen molar-refractivity contribution in [2.75, 3.05) is 0 Å². The van der Waals surface area contributed by atoms with Crippen molar-refractivity contribution in [3.05, 3.63) is 0 Å². The highest BCUT2D eigenvalue weighted by molar-refractivity contribution is 5.70. The Labute approximate surface area is 123 Å². The third kappa shape index (κ3) is 3.97. The number of nitrogens with one attached hydrogen (secondary N) is 1. The van der Waals surface area contributed by atoms with E-state index in [1.54, 1.807) is 0 Å². The van der Waals surface area contributed by atoms with Gasteiger partial charge in [-0.05, 0) is 43.4 Å². The molecule has 4 unspecified atom stereocenters. The Morgan fingerprint density at radius 3 is 2.40 bits per heavy atom. The number of carboxylic acid groups (broad SMARTS) is 1. The normalized spacial score (nSPS) is 35.8. The Bertz CT molecular complexity index is 334. The zero-order chi connectivity index (χ0) is 14.8. The van der Waals surface area contributed by atoms with Gasteiger partial charge in [-0.25, -0.2) is 0 Å². The number of rotatable bonds is 3. The molecular formula is C17H31NO2. The molecule has 2 aliphatic carbocycles. The molecule has 2 saturated carbocycles. The summed E-state index contributed by atoms with van der Waals surface area (Å²) in [4.78, 5) is 11.2. The second-order valence-electron chi connectivity index (χ2n) is 7.93. The number of aliphatic carboxylic acids is 1. The summed E-state index contributed by atoms with van der Waals surface area (Å²) in [5, 5.41) is 13.1. The summed E-state index contributed by atoms with van der Waals surface area (Å²) in [5.74, 6) is -0.00750. The van der Waals surface area contributed by atoms with Gasteiger partial charge in [-0.15, -0.1) is 0 Å². The van der Waals surface area contributed by atoms with Crippen LogP contribution in [0.1, 0.15) is 72.1 Å². The van der Waals surface area contributed by atoms with Crippen molar-refractivity contribution in [2.24, 2.45) is 17.3 Å². The third-order valence-corrected chi connectivity index (χ3v) is 5.35. The smallest absolute Gasteiger partial charge is 0.306 e. The first kappa shape index (κ1) is 15.8. The molecule has 0 aromatic heterocycles. The monoisotopic (exact) mass is 281 g/mol. The van der Waals surface area contributed by atoms with Crippen LogP contribution in [0.5, 0.6) is 0 Å². The highest BCUT2D eigenvalue weighted by atomic mass is 16.4. The minimum Gasteiger partial charge on any atom is -0.481 e. The molecule has 0 radical (unpaired) electrons. The van der Waals surface area contributed by atoms with E-state index in [0.29, 0.717) is 17.5 Å². The Morgan fingerprint density at radius 2 is 1.75 bits per heavy atom. The molecule has 3 heteroatoms. The van der Waals surface area contributed by atoms with Crippen molar-refractivity contribution in [1.29, 1.82) is 0 Å². The molecule has 2 fully saturated rings. The molecule has 20 heavy (non-hydrogen) atoms. The van der Waals surface area contributed by atoms with Crippen LogP contribution in [-0.4, -0.2) is 23.2 Å². The van der Waals surface area contributed by atoms with Crippen LogP contribution in [0.4, 0.5) is 0 Å². The van der Waals surface area contributed by atoms with E-state index in [2.05, 4.69) is 26.1 Å². The molecule has 3 nitrogen and oxygen atoms in total. The molecule has 0 spiro atoms. The van der Waals surface area contributed by atoms with E-state index in [-0.39, 0.29) is 5.92 Å². The summed E-state index contributed by atoms with van der Waals surface area (Å²) in [5.41, 5.74) is 0.346. The lowest BCUT2D eigenvalue weighted by atomic mass is 9.69. The molecule has 0 aromatic carbocycles. The van der Waals surface area contributed by atoms with Gasteiger partial charge in [0.2, 0.25) is 0 Å². The van der Waals surface area contributed by atoms with Gasteiger partial charge >= 0.3 is 5.97 Å². The van der Waals surface area contributed by atoms with Gasteiger partial charge in [0.25, 0.3) is 0 Å². The highest BCUT2D eigenvalue weighted by Crippen LogP contribution is 2.39. The molecule has 0 saturated heterocycles. The fraction of sp³-hybridized carbons (Fsp3) is 0.941. The molecule has 0 aliphatic heterocycles. The quantitative estimate of drug-likeness (QED) is 0.826. The predicted molar refractivity (Wildman–Crippen MR) is 81.7 cm³/mol. The van der Waals surface area contributed by atoms with Crippen LogP contribution in [0.25, 0.3) is 0 Å². The van der Waals surface area contributed by atoms with E-state index >= 15 is 0 Å². The molecule has 2 N–H and O–H groups in total. The molecular weight excluding hydrogens is 250 g/mol. The van der Waals surface area contributed by atoms with Crippen molar-refractivity contribution < 1.29 is 9.90 Å². The van der Waals surface area contributed by atoms with Crippen LogP contribution in [0.15, 0.2) is 0 Å². The van der Waals surface area contributed by atoms with Gasteiger partial charge in [-0.1, -0.05) is 40.0 Å². The maximum absolute atomic E-state index is 11.2. The molecule has 2 aliphatic rings. The van der Waals surface area contributed by atoms with E-state index in [1.165, 1.54) is 25.7 Å². The van der Waals surface area contributed by atoms with Gasteiger partial charge in [-0.3, -0.25) is 4.79 Å². The van der Waals surface area contributed by atoms with Gasteiger partial charge < -0.3 is 10.4 Å². The van der Waals surface area contributed by atoms with Crippen LogP contribution in [0.3, 0.4) is 0 Å². The summed E-state index contributed by atoms with van der Waals surface area (Å²) in [7, 11) is 0. The van der Waals surface area contributed by atoms with Crippen molar-refractivity contribution in [3.63, 3.8) is 0 Å². The lowest BCUT2D eigenvalue weighted by Gasteiger charge is -2.43. The van der Waals surface area contributed by atoms with Gasteiger partial charge in [0.1, 0.15) is 0 Å². The highest BCUT2D eigenvalue weighted by Gasteiger charge is 2.36. The summed E-state index contributed by atoms with van der Waals surface area (Å²) < 4.78 is 0. The number of hydrogen-bond acceptors (Lipinski definition) is 2. The van der Waals surface area contributed by atoms with Crippen LogP contribution >= 0.6 is 0 Å². The average molecular weight is 281 g/mol. The molecule has 4 atom stereocenters. The van der Waals surface area contributed by atoms with E-state index < -0.39 is 5.97 Å². The van der Waals surface area contributed by atoms with E-state index in [9.17, 15) is 9.90 Å². The molecule has 0 bridgehead atoms. The van der Waals surface area contributed by atoms with Crippen molar-refractivity contribution >= 4 is 5.97 Å². The number of carboxylic acids is 1. The first-order valence-corrected chi connectivity index (χ1v) is 8.37. The minimum absolute atomic E-state index is 0.127. The topological polar surface area (TPSA) is 49.3 Å². The summed E-state index contributed by atoms with van der Waals surface area (Å²) in [6.45, 7) is 7.04. The lowest BCUT2D eigenvalue weighted by molar-refractivity contribution is -0.143. The van der Waals surface area contributed by atoms with Crippen LogP contribution < -0.4 is 5.32 Å². The molecule has 116 valence electrons.